The number of nitrogens with two attached hydrogens (primary N) is 1. The Labute approximate surface area is 84.3 Å². The zero-order valence-corrected chi connectivity index (χ0v) is 7.63. The molecule has 0 amide bonds. The summed E-state index contributed by atoms with van der Waals surface area (Å²) in [7, 11) is 0. The van der Waals surface area contributed by atoms with Crippen LogP contribution in [0.4, 0.5) is 0 Å². The van der Waals surface area contributed by atoms with Crippen LogP contribution in [0.1, 0.15) is 0 Å². The lowest BCUT2D eigenvalue weighted by Gasteiger charge is -2.44. The Hall–Kier alpha value is -0.930. The molecule has 0 aromatic heterocycles. The molecule has 1 rings (SSSR count). The molecular formula is C6H12N4O5. The van der Waals surface area contributed by atoms with E-state index < -0.39 is 36.9 Å². The van der Waals surface area contributed by atoms with E-state index in [9.17, 15) is 15.3 Å². The molecule has 5 atom stereocenters. The third-order valence-electron chi connectivity index (χ3n) is 2.28. The molecule has 9 heteroatoms. The van der Waals surface area contributed by atoms with E-state index in [1.165, 1.54) is 0 Å². The number of hydrogen-bond donors (Lipinski definition) is 5. The van der Waals surface area contributed by atoms with Crippen molar-refractivity contribution in [2.75, 3.05) is 6.61 Å². The highest BCUT2D eigenvalue weighted by atomic mass is 16.6. The quantitative estimate of drug-likeness (QED) is 0.194. The molecule has 86 valence electrons. The molecule has 1 aliphatic heterocycles. The molecule has 0 aromatic carbocycles. The lowest BCUT2D eigenvalue weighted by atomic mass is 9.92. The molecule has 1 fully saturated rings. The Kier molecular flexibility index (Phi) is 3.47. The fourth-order valence-electron chi connectivity index (χ4n) is 1.32. The van der Waals surface area contributed by atoms with Crippen molar-refractivity contribution >= 4 is 0 Å². The first-order valence-electron chi connectivity index (χ1n) is 4.13. The highest BCUT2D eigenvalue weighted by molar-refractivity contribution is 5.01. The molecule has 0 spiro atoms. The third kappa shape index (κ3) is 1.90. The van der Waals surface area contributed by atoms with Gasteiger partial charge >= 0.3 is 0 Å². The Morgan fingerprint density at radius 2 is 2.07 bits per heavy atom. The number of hydrogen-bond acceptors (Lipinski definition) is 7. The third-order valence-corrected chi connectivity index (χ3v) is 2.28. The molecule has 1 aliphatic rings. The number of aliphatic hydroxyl groups excluding tert-OH is 4. The highest BCUT2D eigenvalue weighted by Crippen LogP contribution is 2.27. The van der Waals surface area contributed by atoms with E-state index in [2.05, 4.69) is 10.0 Å². The number of aliphatic hydroxyl groups is 4. The monoisotopic (exact) mass is 220 g/mol. The predicted molar refractivity (Wildman–Crippen MR) is 46.0 cm³/mol. The van der Waals surface area contributed by atoms with E-state index in [-0.39, 0.29) is 0 Å². The summed E-state index contributed by atoms with van der Waals surface area (Å²) in [6, 6.07) is 0. The van der Waals surface area contributed by atoms with Gasteiger partial charge in [0.2, 0.25) is 0 Å². The second kappa shape index (κ2) is 4.29. The SMILES string of the molecule is [N-]=[N+]=N[C@]1(N)C(O)O[C@H](CO)[C@H](O)[C@@H]1O. The summed E-state index contributed by atoms with van der Waals surface area (Å²) in [6.45, 7) is -0.609. The van der Waals surface area contributed by atoms with Crippen molar-refractivity contribution in [3.8, 4) is 0 Å². The fraction of sp³-hybridized carbons (Fsp3) is 1.00. The first-order valence-corrected chi connectivity index (χ1v) is 4.13. The Morgan fingerprint density at radius 1 is 1.47 bits per heavy atom. The van der Waals surface area contributed by atoms with Crippen LogP contribution in [0.15, 0.2) is 5.11 Å². The summed E-state index contributed by atoms with van der Waals surface area (Å²) in [6.07, 6.45) is -6.26. The van der Waals surface area contributed by atoms with Crippen molar-refractivity contribution in [2.24, 2.45) is 10.8 Å². The summed E-state index contributed by atoms with van der Waals surface area (Å²) in [5.74, 6) is 0. The molecule has 0 radical (unpaired) electrons. The van der Waals surface area contributed by atoms with Gasteiger partial charge < -0.3 is 30.9 Å². The molecule has 0 saturated carbocycles. The van der Waals surface area contributed by atoms with Crippen LogP contribution in [0, 0.1) is 0 Å². The molecule has 0 bridgehead atoms. The zero-order valence-electron chi connectivity index (χ0n) is 7.63. The molecular weight excluding hydrogens is 208 g/mol. The molecule has 1 heterocycles. The second-order valence-electron chi connectivity index (χ2n) is 3.22. The van der Waals surface area contributed by atoms with Crippen LogP contribution in [0.25, 0.3) is 10.4 Å². The van der Waals surface area contributed by atoms with Gasteiger partial charge in [0.05, 0.1) is 6.61 Å². The number of azide groups is 1. The summed E-state index contributed by atoms with van der Waals surface area (Å²) in [5, 5.41) is 40.0. The van der Waals surface area contributed by atoms with Crippen molar-refractivity contribution in [3.63, 3.8) is 0 Å². The van der Waals surface area contributed by atoms with Crippen molar-refractivity contribution < 1.29 is 25.2 Å². The van der Waals surface area contributed by atoms with E-state index in [1.807, 2.05) is 0 Å². The van der Waals surface area contributed by atoms with Gasteiger partial charge in [-0.3, -0.25) is 0 Å². The molecule has 9 nitrogen and oxygen atoms in total. The largest absolute Gasteiger partial charge is 0.394 e. The van der Waals surface area contributed by atoms with Crippen LogP contribution in [-0.2, 0) is 4.74 Å². The molecule has 6 N–H and O–H groups in total. The van der Waals surface area contributed by atoms with Gasteiger partial charge in [-0.05, 0) is 5.53 Å². The summed E-state index contributed by atoms with van der Waals surface area (Å²) in [4.78, 5) is 2.34. The molecule has 1 unspecified atom stereocenters. The topological polar surface area (TPSA) is 165 Å². The van der Waals surface area contributed by atoms with Gasteiger partial charge in [-0.25, -0.2) is 0 Å². The van der Waals surface area contributed by atoms with Crippen LogP contribution >= 0.6 is 0 Å². The second-order valence-corrected chi connectivity index (χ2v) is 3.22. The predicted octanol–water partition coefficient (Wildman–Crippen LogP) is -2.62. The number of ether oxygens (including phenoxy) is 1. The summed E-state index contributed by atoms with van der Waals surface area (Å²) in [5.41, 5.74) is 11.4. The zero-order chi connectivity index (χ0) is 11.6. The summed E-state index contributed by atoms with van der Waals surface area (Å²) >= 11 is 0. The first-order chi connectivity index (χ1) is 6.97. The van der Waals surface area contributed by atoms with Crippen molar-refractivity contribution in [1.29, 1.82) is 0 Å². The summed E-state index contributed by atoms with van der Waals surface area (Å²) < 4.78 is 4.69. The van der Waals surface area contributed by atoms with E-state index in [0.717, 1.165) is 0 Å². The first kappa shape index (κ1) is 12.1. The van der Waals surface area contributed by atoms with Gasteiger partial charge in [-0.2, -0.15) is 0 Å². The Morgan fingerprint density at radius 3 is 2.53 bits per heavy atom. The van der Waals surface area contributed by atoms with Gasteiger partial charge in [0.1, 0.15) is 18.3 Å². The van der Waals surface area contributed by atoms with Crippen LogP contribution in [-0.4, -0.2) is 57.3 Å². The van der Waals surface area contributed by atoms with Crippen molar-refractivity contribution in [1.82, 2.24) is 0 Å². The van der Waals surface area contributed by atoms with Crippen LogP contribution in [0.3, 0.4) is 0 Å². The molecule has 15 heavy (non-hydrogen) atoms. The normalized spacial score (nSPS) is 45.9. The van der Waals surface area contributed by atoms with Gasteiger partial charge in [-0.1, -0.05) is 5.11 Å². The maximum atomic E-state index is 9.51. The maximum Gasteiger partial charge on any atom is 0.181 e. The van der Waals surface area contributed by atoms with Crippen molar-refractivity contribution in [3.05, 3.63) is 10.4 Å². The minimum atomic E-state index is -2.17. The average molecular weight is 220 g/mol. The molecule has 0 aliphatic carbocycles. The van der Waals surface area contributed by atoms with Gasteiger partial charge in [0, 0.05) is 4.91 Å². The van der Waals surface area contributed by atoms with Gasteiger partial charge in [-0.15, -0.1) is 0 Å². The van der Waals surface area contributed by atoms with E-state index in [4.69, 9.17) is 21.1 Å². The average Bonchev–Trinajstić information content (AvgIpc) is 2.21. The standard InChI is InChI=1S/C6H12N4O5/c7-6(9-10-8)4(13)3(12)2(1-11)15-5(6)14/h2-5,11-14H,1,7H2/t2-,3+,4+,5?,6+/m1/s1. The fourth-order valence-corrected chi connectivity index (χ4v) is 1.32. The molecule has 1 saturated heterocycles. The maximum absolute atomic E-state index is 9.51. The Bertz CT molecular complexity index is 283. The van der Waals surface area contributed by atoms with Crippen LogP contribution in [0.2, 0.25) is 0 Å². The molecule has 0 aromatic rings. The highest BCUT2D eigenvalue weighted by Gasteiger charge is 2.52. The van der Waals surface area contributed by atoms with E-state index in [1.54, 1.807) is 0 Å². The minimum absolute atomic E-state index is 0.609. The van der Waals surface area contributed by atoms with E-state index >= 15 is 0 Å². The Balaban J connectivity index is 2.97. The van der Waals surface area contributed by atoms with Gasteiger partial charge in [0.25, 0.3) is 0 Å². The van der Waals surface area contributed by atoms with Gasteiger partial charge in [0.15, 0.2) is 12.0 Å². The van der Waals surface area contributed by atoms with Crippen molar-refractivity contribution in [2.45, 2.75) is 30.3 Å². The lowest BCUT2D eigenvalue weighted by Crippen LogP contribution is -2.69. The van der Waals surface area contributed by atoms with E-state index in [0.29, 0.717) is 0 Å². The number of nitrogens with zero attached hydrogens (tertiary/aromatic N) is 3. The minimum Gasteiger partial charge on any atom is -0.394 e. The van der Waals surface area contributed by atoms with Crippen LogP contribution in [0.5, 0.6) is 0 Å². The smallest absolute Gasteiger partial charge is 0.181 e. The van der Waals surface area contributed by atoms with Crippen LogP contribution < -0.4 is 5.73 Å². The lowest BCUT2D eigenvalue weighted by molar-refractivity contribution is -0.276. The number of rotatable bonds is 2.